The van der Waals surface area contributed by atoms with Crippen molar-refractivity contribution in [3.63, 3.8) is 0 Å². The Balaban J connectivity index is 2.01. The molecule has 1 aromatic rings. The summed E-state index contributed by atoms with van der Waals surface area (Å²) in [6.45, 7) is 1.66. The molecule has 0 saturated carbocycles. The van der Waals surface area contributed by atoms with Gasteiger partial charge in [-0.2, -0.15) is 0 Å². The third-order valence-corrected chi connectivity index (χ3v) is 4.70. The van der Waals surface area contributed by atoms with Gasteiger partial charge < -0.3 is 5.32 Å². The van der Waals surface area contributed by atoms with Crippen molar-refractivity contribution < 1.29 is 8.42 Å². The van der Waals surface area contributed by atoms with Crippen LogP contribution >= 0.6 is 11.6 Å². The van der Waals surface area contributed by atoms with Gasteiger partial charge in [0.25, 0.3) is 0 Å². The van der Waals surface area contributed by atoms with Crippen molar-refractivity contribution >= 4 is 21.6 Å². The quantitative estimate of drug-likeness (QED) is 0.883. The van der Waals surface area contributed by atoms with Crippen molar-refractivity contribution in [2.45, 2.75) is 24.6 Å². The summed E-state index contributed by atoms with van der Waals surface area (Å²) < 4.78 is 26.8. The van der Waals surface area contributed by atoms with Gasteiger partial charge in [-0.3, -0.25) is 0 Å². The molecule has 0 amide bonds. The molecule has 1 saturated heterocycles. The van der Waals surface area contributed by atoms with Gasteiger partial charge in [-0.15, -0.1) is 0 Å². The van der Waals surface area contributed by atoms with Crippen LogP contribution in [0.15, 0.2) is 24.3 Å². The molecule has 0 bridgehead atoms. The van der Waals surface area contributed by atoms with Crippen molar-refractivity contribution in [1.82, 2.24) is 10.0 Å². The predicted octanol–water partition coefficient (Wildman–Crippen LogP) is 1.51. The molecular weight excluding hydrogens is 272 g/mol. The topological polar surface area (TPSA) is 58.2 Å². The summed E-state index contributed by atoms with van der Waals surface area (Å²) in [5, 5.41) is 3.67. The molecule has 1 aliphatic rings. The minimum absolute atomic E-state index is 0.00811. The zero-order chi connectivity index (χ0) is 13.0. The Kier molecular flexibility index (Phi) is 4.61. The lowest BCUT2D eigenvalue weighted by Gasteiger charge is -2.23. The van der Waals surface area contributed by atoms with E-state index in [1.807, 2.05) is 0 Å². The molecule has 0 spiro atoms. The summed E-state index contributed by atoms with van der Waals surface area (Å²) in [5.74, 6) is -0.0663. The summed E-state index contributed by atoms with van der Waals surface area (Å²) >= 11 is 5.97. The first-order chi connectivity index (χ1) is 8.57. The fourth-order valence-corrected chi connectivity index (χ4v) is 3.80. The SMILES string of the molecule is O=S(=O)(Cc1ccccc1Cl)NC1CCCNC1. The molecule has 4 nitrogen and oxygen atoms in total. The van der Waals surface area contributed by atoms with Crippen molar-refractivity contribution in [2.75, 3.05) is 13.1 Å². The number of hydrogen-bond donors (Lipinski definition) is 2. The second-order valence-electron chi connectivity index (χ2n) is 4.51. The summed E-state index contributed by atoms with van der Waals surface area (Å²) in [6.07, 6.45) is 1.88. The Hall–Kier alpha value is -0.620. The summed E-state index contributed by atoms with van der Waals surface area (Å²) in [5.41, 5.74) is 0.635. The number of nitrogens with one attached hydrogen (secondary N) is 2. The molecule has 2 rings (SSSR count). The highest BCUT2D eigenvalue weighted by atomic mass is 35.5. The van der Waals surface area contributed by atoms with Crippen LogP contribution in [0, 0.1) is 0 Å². The summed E-state index contributed by atoms with van der Waals surface area (Å²) in [7, 11) is -3.33. The number of sulfonamides is 1. The van der Waals surface area contributed by atoms with E-state index >= 15 is 0 Å². The highest BCUT2D eigenvalue weighted by Gasteiger charge is 2.20. The highest BCUT2D eigenvalue weighted by Crippen LogP contribution is 2.17. The average Bonchev–Trinajstić information content (AvgIpc) is 2.32. The highest BCUT2D eigenvalue weighted by molar-refractivity contribution is 7.88. The molecule has 18 heavy (non-hydrogen) atoms. The van der Waals surface area contributed by atoms with Crippen LogP contribution in [-0.2, 0) is 15.8 Å². The number of rotatable bonds is 4. The Morgan fingerprint density at radius 2 is 2.17 bits per heavy atom. The van der Waals surface area contributed by atoms with Gasteiger partial charge >= 0.3 is 0 Å². The van der Waals surface area contributed by atoms with E-state index in [1.165, 1.54) is 0 Å². The van der Waals surface area contributed by atoms with E-state index in [4.69, 9.17) is 11.6 Å². The van der Waals surface area contributed by atoms with Gasteiger partial charge in [0.05, 0.1) is 5.75 Å². The van der Waals surface area contributed by atoms with Crippen LogP contribution in [0.3, 0.4) is 0 Å². The van der Waals surface area contributed by atoms with Gasteiger partial charge in [0.1, 0.15) is 0 Å². The van der Waals surface area contributed by atoms with Crippen LogP contribution in [0.25, 0.3) is 0 Å². The van der Waals surface area contributed by atoms with Gasteiger partial charge in [-0.05, 0) is 31.0 Å². The third-order valence-electron chi connectivity index (χ3n) is 2.95. The van der Waals surface area contributed by atoms with Crippen LogP contribution in [0.2, 0.25) is 5.02 Å². The predicted molar refractivity (Wildman–Crippen MR) is 73.1 cm³/mol. The van der Waals surface area contributed by atoms with E-state index in [0.29, 0.717) is 17.1 Å². The van der Waals surface area contributed by atoms with Gasteiger partial charge in [-0.25, -0.2) is 13.1 Å². The largest absolute Gasteiger partial charge is 0.315 e. The number of hydrogen-bond acceptors (Lipinski definition) is 3. The smallest absolute Gasteiger partial charge is 0.216 e. The third kappa shape index (κ3) is 3.95. The van der Waals surface area contributed by atoms with E-state index in [0.717, 1.165) is 19.4 Å². The summed E-state index contributed by atoms with van der Waals surface area (Å²) in [6, 6.07) is 7.01. The molecule has 100 valence electrons. The van der Waals surface area contributed by atoms with Crippen molar-refractivity contribution in [1.29, 1.82) is 0 Å². The maximum absolute atomic E-state index is 12.0. The van der Waals surface area contributed by atoms with Crippen LogP contribution in [0.4, 0.5) is 0 Å². The lowest BCUT2D eigenvalue weighted by molar-refractivity contribution is 0.428. The first-order valence-corrected chi connectivity index (χ1v) is 8.04. The molecule has 0 aliphatic carbocycles. The maximum atomic E-state index is 12.0. The number of piperidine rings is 1. The molecule has 1 aliphatic heterocycles. The first-order valence-electron chi connectivity index (χ1n) is 6.01. The minimum atomic E-state index is -3.33. The number of benzene rings is 1. The summed E-state index contributed by atoms with van der Waals surface area (Å²) in [4.78, 5) is 0. The van der Waals surface area contributed by atoms with Gasteiger partial charge in [0.2, 0.25) is 10.0 Å². The van der Waals surface area contributed by atoms with E-state index in [1.54, 1.807) is 24.3 Å². The molecule has 1 atom stereocenters. The average molecular weight is 289 g/mol. The Morgan fingerprint density at radius 1 is 1.39 bits per heavy atom. The monoisotopic (exact) mass is 288 g/mol. The lowest BCUT2D eigenvalue weighted by atomic mass is 10.1. The molecular formula is C12H17ClN2O2S. The van der Waals surface area contributed by atoms with Crippen LogP contribution < -0.4 is 10.0 Å². The van der Waals surface area contributed by atoms with Crippen molar-refractivity contribution in [3.8, 4) is 0 Å². The Bertz CT molecular complexity index is 499. The van der Waals surface area contributed by atoms with E-state index in [9.17, 15) is 8.42 Å². The second-order valence-corrected chi connectivity index (χ2v) is 6.67. The van der Waals surface area contributed by atoms with Crippen LogP contribution in [-0.4, -0.2) is 27.5 Å². The fraction of sp³-hybridized carbons (Fsp3) is 0.500. The van der Waals surface area contributed by atoms with Crippen molar-refractivity contribution in [2.24, 2.45) is 0 Å². The standard InChI is InChI=1S/C12H17ClN2O2S/c13-12-6-2-1-4-10(12)9-18(16,17)15-11-5-3-7-14-8-11/h1-2,4,6,11,14-15H,3,5,7-9H2. The van der Waals surface area contributed by atoms with Crippen LogP contribution in [0.1, 0.15) is 18.4 Å². The Labute approximate surface area is 113 Å². The van der Waals surface area contributed by atoms with E-state index in [-0.39, 0.29) is 11.8 Å². The van der Waals surface area contributed by atoms with Crippen LogP contribution in [0.5, 0.6) is 0 Å². The zero-order valence-electron chi connectivity index (χ0n) is 10.0. The molecule has 0 radical (unpaired) electrons. The maximum Gasteiger partial charge on any atom is 0.216 e. The van der Waals surface area contributed by atoms with Gasteiger partial charge in [0.15, 0.2) is 0 Å². The molecule has 1 unspecified atom stereocenters. The minimum Gasteiger partial charge on any atom is -0.315 e. The number of halogens is 1. The molecule has 0 aromatic heterocycles. The van der Waals surface area contributed by atoms with E-state index < -0.39 is 10.0 Å². The van der Waals surface area contributed by atoms with E-state index in [2.05, 4.69) is 10.0 Å². The molecule has 1 fully saturated rings. The first kappa shape index (κ1) is 13.8. The molecule has 6 heteroatoms. The van der Waals surface area contributed by atoms with Crippen molar-refractivity contribution in [3.05, 3.63) is 34.9 Å². The molecule has 1 heterocycles. The molecule has 1 aromatic carbocycles. The van der Waals surface area contributed by atoms with Gasteiger partial charge in [0, 0.05) is 17.6 Å². The van der Waals surface area contributed by atoms with Gasteiger partial charge in [-0.1, -0.05) is 29.8 Å². The zero-order valence-corrected chi connectivity index (χ0v) is 11.6. The fourth-order valence-electron chi connectivity index (χ4n) is 2.07. The second kappa shape index (κ2) is 6.02. The Morgan fingerprint density at radius 3 is 2.83 bits per heavy atom. The lowest BCUT2D eigenvalue weighted by Crippen LogP contribution is -2.45. The normalized spacial score (nSPS) is 20.8. The molecule has 2 N–H and O–H groups in total.